The molecule has 0 aromatic rings. The number of carbonyl (C=O) groups is 2. The summed E-state index contributed by atoms with van der Waals surface area (Å²) in [4.78, 5) is 23.9. The molecule has 19 heavy (non-hydrogen) atoms. The van der Waals surface area contributed by atoms with Gasteiger partial charge in [-0.1, -0.05) is 6.08 Å². The number of rotatable bonds is 5. The van der Waals surface area contributed by atoms with Crippen LogP contribution in [-0.4, -0.2) is 44.3 Å². The monoisotopic (exact) mass is 288 g/mol. The molecular formula is C12H20N2O4S. The molecule has 0 spiro atoms. The standard InChI is InChI=1S/C12H20N2O4S/c1-4-6-13-10(15)12(2,3)11(16)14-9-5-7-19(17,18)8-9/h4,9H,1,5-8H2,2-3H3,(H,13,15)(H,14,16). The maximum absolute atomic E-state index is 12.0. The van der Waals surface area contributed by atoms with Gasteiger partial charge < -0.3 is 10.6 Å². The lowest BCUT2D eigenvalue weighted by Crippen LogP contribution is -2.50. The summed E-state index contributed by atoms with van der Waals surface area (Å²) in [6.07, 6.45) is 1.92. The van der Waals surface area contributed by atoms with Crippen LogP contribution in [0.2, 0.25) is 0 Å². The number of sulfone groups is 1. The minimum absolute atomic E-state index is 0.0525. The quantitative estimate of drug-likeness (QED) is 0.533. The highest BCUT2D eigenvalue weighted by molar-refractivity contribution is 7.91. The van der Waals surface area contributed by atoms with Gasteiger partial charge in [0.05, 0.1) is 11.5 Å². The minimum Gasteiger partial charge on any atom is -0.352 e. The zero-order valence-electron chi connectivity index (χ0n) is 11.2. The van der Waals surface area contributed by atoms with Gasteiger partial charge in [-0.25, -0.2) is 8.42 Å². The van der Waals surface area contributed by atoms with Crippen molar-refractivity contribution in [3.63, 3.8) is 0 Å². The van der Waals surface area contributed by atoms with E-state index in [1.165, 1.54) is 19.9 Å². The Morgan fingerprint density at radius 1 is 1.37 bits per heavy atom. The molecule has 0 aromatic carbocycles. The number of nitrogens with one attached hydrogen (secondary N) is 2. The normalized spacial score (nSPS) is 21.7. The van der Waals surface area contributed by atoms with Gasteiger partial charge in [0.15, 0.2) is 9.84 Å². The molecule has 6 nitrogen and oxygen atoms in total. The first-order valence-electron chi connectivity index (χ1n) is 6.09. The van der Waals surface area contributed by atoms with E-state index in [0.717, 1.165) is 0 Å². The van der Waals surface area contributed by atoms with Crippen molar-refractivity contribution in [1.29, 1.82) is 0 Å². The Kier molecular flexibility index (Phi) is 4.73. The Hall–Kier alpha value is -1.37. The summed E-state index contributed by atoms with van der Waals surface area (Å²) in [6.45, 7) is 6.77. The molecule has 1 atom stereocenters. The molecule has 1 aliphatic heterocycles. The highest BCUT2D eigenvalue weighted by Gasteiger charge is 2.38. The van der Waals surface area contributed by atoms with E-state index in [-0.39, 0.29) is 18.1 Å². The second kappa shape index (κ2) is 5.73. The van der Waals surface area contributed by atoms with E-state index in [4.69, 9.17) is 0 Å². The Bertz CT molecular complexity index is 482. The van der Waals surface area contributed by atoms with Crippen LogP contribution in [0.5, 0.6) is 0 Å². The van der Waals surface area contributed by atoms with E-state index in [1.807, 2.05) is 0 Å². The lowest BCUT2D eigenvalue weighted by molar-refractivity contribution is -0.141. The van der Waals surface area contributed by atoms with Gasteiger partial charge in [0.1, 0.15) is 5.41 Å². The molecule has 0 saturated carbocycles. The molecule has 2 N–H and O–H groups in total. The van der Waals surface area contributed by atoms with Crippen molar-refractivity contribution in [2.75, 3.05) is 18.1 Å². The van der Waals surface area contributed by atoms with Crippen molar-refractivity contribution in [3.05, 3.63) is 12.7 Å². The van der Waals surface area contributed by atoms with Crippen molar-refractivity contribution in [2.45, 2.75) is 26.3 Å². The van der Waals surface area contributed by atoms with Gasteiger partial charge in [-0.15, -0.1) is 6.58 Å². The number of amides is 2. The molecular weight excluding hydrogens is 268 g/mol. The van der Waals surface area contributed by atoms with Gasteiger partial charge in [-0.2, -0.15) is 0 Å². The molecule has 1 unspecified atom stereocenters. The van der Waals surface area contributed by atoms with Crippen molar-refractivity contribution < 1.29 is 18.0 Å². The van der Waals surface area contributed by atoms with Gasteiger partial charge in [-0.3, -0.25) is 9.59 Å². The molecule has 0 aliphatic carbocycles. The first kappa shape index (κ1) is 15.7. The smallest absolute Gasteiger partial charge is 0.235 e. The maximum Gasteiger partial charge on any atom is 0.235 e. The van der Waals surface area contributed by atoms with Gasteiger partial charge in [0.25, 0.3) is 0 Å². The maximum atomic E-state index is 12.0. The molecule has 7 heteroatoms. The van der Waals surface area contributed by atoms with Crippen molar-refractivity contribution in [1.82, 2.24) is 10.6 Å². The van der Waals surface area contributed by atoms with Gasteiger partial charge in [-0.05, 0) is 20.3 Å². The van der Waals surface area contributed by atoms with E-state index in [0.29, 0.717) is 6.42 Å². The van der Waals surface area contributed by atoms with Gasteiger partial charge >= 0.3 is 0 Å². The van der Waals surface area contributed by atoms with Gasteiger partial charge in [0, 0.05) is 12.6 Å². The highest BCUT2D eigenvalue weighted by Crippen LogP contribution is 2.18. The van der Waals surface area contributed by atoms with E-state index in [9.17, 15) is 18.0 Å². The zero-order valence-corrected chi connectivity index (χ0v) is 12.0. The van der Waals surface area contributed by atoms with Crippen LogP contribution in [-0.2, 0) is 19.4 Å². The van der Waals surface area contributed by atoms with Crippen LogP contribution in [0.4, 0.5) is 0 Å². The molecule has 1 saturated heterocycles. The summed E-state index contributed by atoms with van der Waals surface area (Å²) in [5.41, 5.74) is -1.24. The molecule has 2 amide bonds. The number of hydrogen-bond acceptors (Lipinski definition) is 4. The average molecular weight is 288 g/mol. The molecule has 1 rings (SSSR count). The van der Waals surface area contributed by atoms with Crippen LogP contribution in [0.15, 0.2) is 12.7 Å². The third-order valence-electron chi connectivity index (χ3n) is 3.11. The predicted octanol–water partition coefficient (Wildman–Crippen LogP) is -0.382. The predicted molar refractivity (Wildman–Crippen MR) is 72.2 cm³/mol. The second-order valence-electron chi connectivity index (χ2n) is 5.20. The average Bonchev–Trinajstić information content (AvgIpc) is 2.65. The minimum atomic E-state index is -3.05. The Balaban J connectivity index is 2.61. The second-order valence-corrected chi connectivity index (χ2v) is 7.43. The van der Waals surface area contributed by atoms with E-state index >= 15 is 0 Å². The fourth-order valence-electron chi connectivity index (χ4n) is 1.76. The Morgan fingerprint density at radius 3 is 2.47 bits per heavy atom. The van der Waals surface area contributed by atoms with Crippen molar-refractivity contribution in [3.8, 4) is 0 Å². The number of carbonyl (C=O) groups excluding carboxylic acids is 2. The topological polar surface area (TPSA) is 92.3 Å². The summed E-state index contributed by atoms with van der Waals surface area (Å²) < 4.78 is 22.6. The van der Waals surface area contributed by atoms with Crippen molar-refractivity contribution >= 4 is 21.7 Å². The first-order valence-corrected chi connectivity index (χ1v) is 7.92. The third-order valence-corrected chi connectivity index (χ3v) is 4.88. The molecule has 1 fully saturated rings. The van der Waals surface area contributed by atoms with E-state index < -0.39 is 33.1 Å². The summed E-state index contributed by atoms with van der Waals surface area (Å²) in [7, 11) is -3.05. The lowest BCUT2D eigenvalue weighted by Gasteiger charge is -2.24. The largest absolute Gasteiger partial charge is 0.352 e. The Morgan fingerprint density at radius 2 is 2.00 bits per heavy atom. The van der Waals surface area contributed by atoms with E-state index in [2.05, 4.69) is 17.2 Å². The molecule has 0 bridgehead atoms. The van der Waals surface area contributed by atoms with Crippen LogP contribution in [0.25, 0.3) is 0 Å². The van der Waals surface area contributed by atoms with Crippen LogP contribution < -0.4 is 10.6 Å². The van der Waals surface area contributed by atoms with Crippen LogP contribution in [0.3, 0.4) is 0 Å². The fourth-order valence-corrected chi connectivity index (χ4v) is 3.44. The van der Waals surface area contributed by atoms with Crippen molar-refractivity contribution in [2.24, 2.45) is 5.41 Å². The third kappa shape index (κ3) is 4.05. The molecule has 1 aliphatic rings. The molecule has 0 aromatic heterocycles. The highest BCUT2D eigenvalue weighted by atomic mass is 32.2. The zero-order chi connectivity index (χ0) is 14.7. The number of hydrogen-bond donors (Lipinski definition) is 2. The van der Waals surface area contributed by atoms with Crippen LogP contribution >= 0.6 is 0 Å². The fraction of sp³-hybridized carbons (Fsp3) is 0.667. The van der Waals surface area contributed by atoms with Crippen LogP contribution in [0, 0.1) is 5.41 Å². The lowest BCUT2D eigenvalue weighted by atomic mass is 9.90. The SMILES string of the molecule is C=CCNC(=O)C(C)(C)C(=O)NC1CCS(=O)(=O)C1. The summed E-state index contributed by atoms with van der Waals surface area (Å²) in [5, 5.41) is 5.19. The van der Waals surface area contributed by atoms with E-state index in [1.54, 1.807) is 0 Å². The molecule has 108 valence electrons. The first-order chi connectivity index (χ1) is 8.69. The summed E-state index contributed by atoms with van der Waals surface area (Å²) in [6, 6.07) is -0.399. The molecule has 0 radical (unpaired) electrons. The summed E-state index contributed by atoms with van der Waals surface area (Å²) in [5.74, 6) is -0.841. The summed E-state index contributed by atoms with van der Waals surface area (Å²) >= 11 is 0. The Labute approximate surface area is 113 Å². The molecule has 1 heterocycles. The van der Waals surface area contributed by atoms with Crippen LogP contribution in [0.1, 0.15) is 20.3 Å². The van der Waals surface area contributed by atoms with Gasteiger partial charge in [0.2, 0.25) is 11.8 Å².